The van der Waals surface area contributed by atoms with E-state index in [9.17, 15) is 13.2 Å². The van der Waals surface area contributed by atoms with E-state index >= 15 is 0 Å². The number of nitrogens with one attached hydrogen (secondary N) is 1. The maximum Gasteiger partial charge on any atom is 0.261 e. The third-order valence-electron chi connectivity index (χ3n) is 4.92. The lowest BCUT2D eigenvalue weighted by molar-refractivity contribution is 0.102. The van der Waals surface area contributed by atoms with Crippen molar-refractivity contribution in [3.8, 4) is 0 Å². The van der Waals surface area contributed by atoms with Gasteiger partial charge in [-0.2, -0.15) is 5.10 Å². The number of carbonyl (C=O) groups excluding carboxylic acids is 1. The number of carbonyl (C=O) groups is 1. The van der Waals surface area contributed by atoms with E-state index in [4.69, 9.17) is 0 Å². The van der Waals surface area contributed by atoms with Gasteiger partial charge in [0.1, 0.15) is 0 Å². The molecule has 1 amide bonds. The van der Waals surface area contributed by atoms with Crippen LogP contribution < -0.4 is 5.32 Å². The number of aromatic nitrogens is 3. The zero-order valence-electron chi connectivity index (χ0n) is 14.2. The third-order valence-corrected chi connectivity index (χ3v) is 7.75. The monoisotopic (exact) mass is 380 g/mol. The van der Waals surface area contributed by atoms with Gasteiger partial charge < -0.3 is 0 Å². The summed E-state index contributed by atoms with van der Waals surface area (Å²) in [4.78, 5) is 18.5. The minimum atomic E-state index is -3.00. The summed E-state index contributed by atoms with van der Waals surface area (Å²) in [5.41, 5.74) is 2.94. The number of amides is 1. The van der Waals surface area contributed by atoms with Crippen molar-refractivity contribution in [3.05, 3.63) is 27.5 Å². The molecule has 1 atom stereocenters. The van der Waals surface area contributed by atoms with E-state index in [1.807, 2.05) is 6.92 Å². The average molecular weight is 380 g/mol. The van der Waals surface area contributed by atoms with Crippen molar-refractivity contribution in [2.24, 2.45) is 0 Å². The van der Waals surface area contributed by atoms with E-state index < -0.39 is 9.84 Å². The molecule has 3 heterocycles. The van der Waals surface area contributed by atoms with Crippen LogP contribution in [0.5, 0.6) is 0 Å². The van der Waals surface area contributed by atoms with Gasteiger partial charge in [0.05, 0.1) is 34.5 Å². The van der Waals surface area contributed by atoms with Gasteiger partial charge in [0.25, 0.3) is 5.91 Å². The van der Waals surface area contributed by atoms with Crippen molar-refractivity contribution in [2.45, 2.75) is 45.6 Å². The maximum absolute atomic E-state index is 12.7. The van der Waals surface area contributed by atoms with E-state index in [-0.39, 0.29) is 23.5 Å². The van der Waals surface area contributed by atoms with Crippen LogP contribution in [0.15, 0.2) is 0 Å². The first-order chi connectivity index (χ1) is 11.8. The Morgan fingerprint density at radius 1 is 1.32 bits per heavy atom. The highest BCUT2D eigenvalue weighted by molar-refractivity contribution is 7.91. The molecule has 0 spiro atoms. The van der Waals surface area contributed by atoms with Gasteiger partial charge in [-0.3, -0.25) is 14.8 Å². The summed E-state index contributed by atoms with van der Waals surface area (Å²) >= 11 is 1.54. The first kappa shape index (κ1) is 16.7. The summed E-state index contributed by atoms with van der Waals surface area (Å²) < 4.78 is 25.2. The lowest BCUT2D eigenvalue weighted by atomic mass is 10.1. The van der Waals surface area contributed by atoms with E-state index in [0.29, 0.717) is 28.5 Å². The predicted octanol–water partition coefficient (Wildman–Crippen LogP) is 2.06. The highest BCUT2D eigenvalue weighted by Gasteiger charge is 2.32. The zero-order valence-corrected chi connectivity index (χ0v) is 15.8. The van der Waals surface area contributed by atoms with Crippen molar-refractivity contribution in [1.29, 1.82) is 0 Å². The molecule has 1 saturated heterocycles. The number of thiazole rings is 1. The van der Waals surface area contributed by atoms with Crippen LogP contribution in [0.4, 0.5) is 5.13 Å². The van der Waals surface area contributed by atoms with Crippen molar-refractivity contribution < 1.29 is 13.2 Å². The Kier molecular flexibility index (Phi) is 3.95. The molecule has 4 rings (SSSR count). The molecule has 0 unspecified atom stereocenters. The molecule has 2 aliphatic rings. The van der Waals surface area contributed by atoms with Crippen molar-refractivity contribution in [3.63, 3.8) is 0 Å². The number of hydrogen-bond acceptors (Lipinski definition) is 6. The molecule has 1 aliphatic carbocycles. The first-order valence-corrected chi connectivity index (χ1v) is 11.0. The molecule has 0 saturated carbocycles. The lowest BCUT2D eigenvalue weighted by Crippen LogP contribution is -2.16. The predicted molar refractivity (Wildman–Crippen MR) is 96.1 cm³/mol. The van der Waals surface area contributed by atoms with Crippen molar-refractivity contribution in [1.82, 2.24) is 14.8 Å². The number of aryl methyl sites for hydroxylation is 3. The summed E-state index contributed by atoms with van der Waals surface area (Å²) in [5.74, 6) is 0.0479. The number of nitrogens with zero attached hydrogens (tertiary/aromatic N) is 3. The maximum atomic E-state index is 12.7. The second kappa shape index (κ2) is 5.91. The largest absolute Gasteiger partial charge is 0.298 e. The zero-order chi connectivity index (χ0) is 17.8. The standard InChI is InChI=1S/C16H20N4O3S2/c1-9-14(10(2)20(19-9)11-6-7-25(22,23)8-11)15(21)18-16-17-12-4-3-5-13(12)24-16/h11H,3-8H2,1-2H3,(H,17,18,21)/t11-/m0/s1. The number of sulfone groups is 1. The van der Waals surface area contributed by atoms with E-state index in [2.05, 4.69) is 15.4 Å². The van der Waals surface area contributed by atoms with Crippen molar-refractivity contribution >= 4 is 32.2 Å². The fourth-order valence-electron chi connectivity index (χ4n) is 3.72. The minimum Gasteiger partial charge on any atom is -0.298 e. The summed E-state index contributed by atoms with van der Waals surface area (Å²) in [6.07, 6.45) is 3.70. The Hall–Kier alpha value is -1.74. The van der Waals surface area contributed by atoms with Gasteiger partial charge in [-0.05, 0) is 39.5 Å². The fourth-order valence-corrected chi connectivity index (χ4v) is 6.46. The molecular weight excluding hydrogens is 360 g/mol. The van der Waals surface area contributed by atoms with Crippen LogP contribution in [0.1, 0.15) is 51.2 Å². The summed E-state index contributed by atoms with van der Waals surface area (Å²) in [5, 5.41) is 7.96. The van der Waals surface area contributed by atoms with Crippen LogP contribution in [0, 0.1) is 13.8 Å². The molecule has 134 valence electrons. The van der Waals surface area contributed by atoms with Crippen LogP contribution in [-0.4, -0.2) is 40.6 Å². The van der Waals surface area contributed by atoms with E-state index in [1.165, 1.54) is 16.2 Å². The lowest BCUT2D eigenvalue weighted by Gasteiger charge is -2.11. The molecule has 7 nitrogen and oxygen atoms in total. The summed E-state index contributed by atoms with van der Waals surface area (Å²) in [6, 6.07) is -0.186. The van der Waals surface area contributed by atoms with Gasteiger partial charge in [0, 0.05) is 10.6 Å². The second-order valence-corrected chi connectivity index (χ2v) is 10.1. The highest BCUT2D eigenvalue weighted by atomic mass is 32.2. The first-order valence-electron chi connectivity index (χ1n) is 8.40. The number of fused-ring (bicyclic) bond motifs is 1. The number of rotatable bonds is 3. The van der Waals surface area contributed by atoms with Gasteiger partial charge >= 0.3 is 0 Å². The molecule has 9 heteroatoms. The minimum absolute atomic E-state index is 0.0925. The average Bonchev–Trinajstić information content (AvgIpc) is 3.23. The Labute approximate surface area is 150 Å². The van der Waals surface area contributed by atoms with E-state index in [0.717, 1.165) is 25.0 Å². The topological polar surface area (TPSA) is 94.0 Å². The van der Waals surface area contributed by atoms with Crippen LogP contribution >= 0.6 is 11.3 Å². The molecule has 25 heavy (non-hydrogen) atoms. The van der Waals surface area contributed by atoms with Gasteiger partial charge in [0.2, 0.25) is 0 Å². The number of anilines is 1. The van der Waals surface area contributed by atoms with Gasteiger partial charge in [0.15, 0.2) is 15.0 Å². The van der Waals surface area contributed by atoms with Crippen LogP contribution in [0.25, 0.3) is 0 Å². The summed E-state index contributed by atoms with van der Waals surface area (Å²) in [6.45, 7) is 3.60. The second-order valence-electron chi connectivity index (χ2n) is 6.74. The SMILES string of the molecule is Cc1nn([C@H]2CCS(=O)(=O)C2)c(C)c1C(=O)Nc1nc2c(s1)CCC2. The Morgan fingerprint density at radius 3 is 2.80 bits per heavy atom. The molecule has 0 aromatic carbocycles. The number of hydrogen-bond donors (Lipinski definition) is 1. The fraction of sp³-hybridized carbons (Fsp3) is 0.562. The Balaban J connectivity index is 1.58. The molecule has 1 fully saturated rings. The van der Waals surface area contributed by atoms with Crippen LogP contribution in [0.3, 0.4) is 0 Å². The molecule has 2 aromatic rings. The normalized spacial score (nSPS) is 21.4. The molecule has 2 aromatic heterocycles. The van der Waals surface area contributed by atoms with Gasteiger partial charge in [-0.25, -0.2) is 13.4 Å². The Morgan fingerprint density at radius 2 is 2.12 bits per heavy atom. The molecule has 1 N–H and O–H groups in total. The molecule has 0 bridgehead atoms. The van der Waals surface area contributed by atoms with Gasteiger partial charge in [-0.15, -0.1) is 11.3 Å². The van der Waals surface area contributed by atoms with Crippen LogP contribution in [0.2, 0.25) is 0 Å². The molecule has 0 radical (unpaired) electrons. The van der Waals surface area contributed by atoms with E-state index in [1.54, 1.807) is 11.6 Å². The molecule has 1 aliphatic heterocycles. The van der Waals surface area contributed by atoms with Gasteiger partial charge in [-0.1, -0.05) is 0 Å². The van der Waals surface area contributed by atoms with Crippen LogP contribution in [-0.2, 0) is 22.7 Å². The molecular formula is C16H20N4O3S2. The third kappa shape index (κ3) is 2.99. The highest BCUT2D eigenvalue weighted by Crippen LogP contribution is 2.31. The van der Waals surface area contributed by atoms with Crippen molar-refractivity contribution in [2.75, 3.05) is 16.8 Å². The smallest absolute Gasteiger partial charge is 0.261 e. The Bertz CT molecular complexity index is 937. The summed E-state index contributed by atoms with van der Waals surface area (Å²) in [7, 11) is -3.00. The quantitative estimate of drug-likeness (QED) is 0.880.